The van der Waals surface area contributed by atoms with Crippen LogP contribution < -0.4 is 11.4 Å². The lowest BCUT2D eigenvalue weighted by Gasteiger charge is -1.92. The lowest BCUT2D eigenvalue weighted by molar-refractivity contribution is 0.472. The Morgan fingerprint density at radius 2 is 2.44 bits per heavy atom. The van der Waals surface area contributed by atoms with E-state index < -0.39 is 5.69 Å². The van der Waals surface area contributed by atoms with Gasteiger partial charge in [-0.2, -0.15) is 4.98 Å². The van der Waals surface area contributed by atoms with Crippen molar-refractivity contribution in [2.24, 2.45) is 0 Å². The molecule has 4 N–H and O–H groups in total. The molecule has 0 atom stereocenters. The summed E-state index contributed by atoms with van der Waals surface area (Å²) in [5.74, 6) is -0.274. The van der Waals surface area contributed by atoms with Crippen LogP contribution in [0.25, 0.3) is 0 Å². The van der Waals surface area contributed by atoms with Crippen molar-refractivity contribution >= 4 is 5.82 Å². The van der Waals surface area contributed by atoms with Crippen LogP contribution in [-0.4, -0.2) is 15.1 Å². The zero-order chi connectivity index (χ0) is 6.85. The summed E-state index contributed by atoms with van der Waals surface area (Å²) in [7, 11) is 0. The maximum Gasteiger partial charge on any atom is 0.346 e. The van der Waals surface area contributed by atoms with Gasteiger partial charge < -0.3 is 10.8 Å². The van der Waals surface area contributed by atoms with Gasteiger partial charge in [0.1, 0.15) is 5.82 Å². The molecule has 1 aromatic heterocycles. The molecule has 0 bridgehead atoms. The zero-order valence-corrected chi connectivity index (χ0v) is 4.46. The predicted octanol–water partition coefficient (Wildman–Crippen LogP) is -0.942. The molecule has 1 rings (SSSR count). The molecule has 0 amide bonds. The maximum atomic E-state index is 10.3. The summed E-state index contributed by atoms with van der Waals surface area (Å²) >= 11 is 0. The number of nitrogens with two attached hydrogens (primary N) is 1. The van der Waals surface area contributed by atoms with Crippen molar-refractivity contribution in [2.75, 3.05) is 5.73 Å². The van der Waals surface area contributed by atoms with Gasteiger partial charge in [0.15, 0.2) is 5.75 Å². The van der Waals surface area contributed by atoms with Gasteiger partial charge in [0.25, 0.3) is 0 Å². The average Bonchev–Trinajstić information content (AvgIpc) is 1.80. The Hall–Kier alpha value is -1.52. The number of hydrogen-bond acceptors (Lipinski definition) is 4. The third kappa shape index (κ3) is 0.987. The Balaban J connectivity index is 3.34. The summed E-state index contributed by atoms with van der Waals surface area (Å²) in [6, 6.07) is 0. The third-order valence-corrected chi connectivity index (χ3v) is 0.822. The number of nitrogen functional groups attached to an aromatic ring is 1. The first-order chi connectivity index (χ1) is 4.20. The molecule has 0 fully saturated rings. The maximum absolute atomic E-state index is 10.3. The second-order valence-electron chi connectivity index (χ2n) is 1.49. The number of aromatic hydroxyl groups is 1. The molecule has 5 heteroatoms. The number of aromatic nitrogens is 2. The first-order valence-corrected chi connectivity index (χ1v) is 2.24. The number of rotatable bonds is 0. The van der Waals surface area contributed by atoms with Gasteiger partial charge in [0.05, 0.1) is 6.20 Å². The minimum absolute atomic E-state index is 0.0602. The zero-order valence-electron chi connectivity index (χ0n) is 4.46. The van der Waals surface area contributed by atoms with Crippen molar-refractivity contribution in [3.05, 3.63) is 16.7 Å². The Morgan fingerprint density at radius 3 is 2.89 bits per heavy atom. The normalized spacial score (nSPS) is 9.33. The number of nitrogens with one attached hydrogen (secondary N) is 1. The van der Waals surface area contributed by atoms with Crippen LogP contribution in [0.3, 0.4) is 0 Å². The Bertz CT molecular complexity index is 267. The Labute approximate surface area is 50.2 Å². The highest BCUT2D eigenvalue weighted by Gasteiger charge is 1.93. The summed E-state index contributed by atoms with van der Waals surface area (Å²) < 4.78 is 0. The number of nitrogens with zero attached hydrogens (tertiary/aromatic N) is 1. The van der Waals surface area contributed by atoms with E-state index in [9.17, 15) is 4.79 Å². The van der Waals surface area contributed by atoms with Crippen LogP contribution in [0.4, 0.5) is 5.82 Å². The van der Waals surface area contributed by atoms with Gasteiger partial charge >= 0.3 is 5.69 Å². The Kier molecular flexibility index (Phi) is 1.11. The molecule has 0 spiro atoms. The second kappa shape index (κ2) is 1.77. The predicted molar refractivity (Wildman–Crippen MR) is 30.9 cm³/mol. The second-order valence-corrected chi connectivity index (χ2v) is 1.49. The quantitative estimate of drug-likeness (QED) is 0.422. The molecule has 0 aromatic carbocycles. The lowest BCUT2D eigenvalue weighted by Crippen LogP contribution is -2.10. The van der Waals surface area contributed by atoms with Crippen molar-refractivity contribution in [3.63, 3.8) is 0 Å². The standard InChI is InChI=1S/C4H5N3O2/c5-3-2(8)1-6-4(9)7-3/h1,8H,(H3,5,6,7,9)/i4+1,6+1,7+1. The fraction of sp³-hybridized carbons (Fsp3) is 0. The molecule has 0 aliphatic rings. The molecule has 1 aromatic rings. The van der Waals surface area contributed by atoms with Gasteiger partial charge in [-0.1, -0.05) is 0 Å². The number of aromatic amines is 1. The molecule has 0 aliphatic heterocycles. The fourth-order valence-electron chi connectivity index (χ4n) is 0.401. The molecule has 48 valence electrons. The molecule has 1 heterocycles. The molecular weight excluding hydrogens is 125 g/mol. The Morgan fingerprint density at radius 1 is 1.78 bits per heavy atom. The van der Waals surface area contributed by atoms with Crippen molar-refractivity contribution in [1.82, 2.24) is 9.97 Å². The van der Waals surface area contributed by atoms with Crippen LogP contribution in [0.1, 0.15) is 0 Å². The van der Waals surface area contributed by atoms with E-state index in [0.717, 1.165) is 6.20 Å². The van der Waals surface area contributed by atoms with Gasteiger partial charge in [-0.3, -0.25) is 4.98 Å². The smallest absolute Gasteiger partial charge is 0.346 e. The number of hydrogen-bond donors (Lipinski definition) is 3. The van der Waals surface area contributed by atoms with E-state index in [1.807, 2.05) is 0 Å². The number of H-pyrrole nitrogens is 1. The van der Waals surface area contributed by atoms with E-state index in [-0.39, 0.29) is 11.6 Å². The van der Waals surface area contributed by atoms with Crippen LogP contribution in [0.15, 0.2) is 11.0 Å². The van der Waals surface area contributed by atoms with Crippen LogP contribution in [0.2, 0.25) is 0 Å². The van der Waals surface area contributed by atoms with E-state index in [1.54, 1.807) is 0 Å². The molecule has 9 heavy (non-hydrogen) atoms. The average molecular weight is 130 g/mol. The first kappa shape index (κ1) is 5.61. The van der Waals surface area contributed by atoms with E-state index in [2.05, 4.69) is 9.97 Å². The van der Waals surface area contributed by atoms with E-state index in [1.165, 1.54) is 0 Å². The van der Waals surface area contributed by atoms with Crippen molar-refractivity contribution in [2.45, 2.75) is 0 Å². The minimum atomic E-state index is -0.565. The van der Waals surface area contributed by atoms with Gasteiger partial charge in [-0.05, 0) is 0 Å². The monoisotopic (exact) mass is 130 g/mol. The van der Waals surface area contributed by atoms with Crippen molar-refractivity contribution < 1.29 is 5.11 Å². The highest BCUT2D eigenvalue weighted by molar-refractivity contribution is 5.40. The molecule has 0 saturated heterocycles. The summed E-state index contributed by atoms with van der Waals surface area (Å²) in [6.45, 7) is 0. The SMILES string of the molecule is Nc1[15nH][13c](=O)[15n]cc1O. The first-order valence-electron chi connectivity index (χ1n) is 2.24. The topological polar surface area (TPSA) is 92.0 Å². The van der Waals surface area contributed by atoms with E-state index in [4.69, 9.17) is 10.8 Å². The highest BCUT2D eigenvalue weighted by Crippen LogP contribution is 2.09. The minimum Gasteiger partial charge on any atom is -0.503 e. The van der Waals surface area contributed by atoms with Gasteiger partial charge in [0.2, 0.25) is 0 Å². The molecule has 0 radical (unpaired) electrons. The number of anilines is 1. The van der Waals surface area contributed by atoms with Crippen LogP contribution >= 0.6 is 0 Å². The van der Waals surface area contributed by atoms with Crippen molar-refractivity contribution in [3.8, 4) is 5.75 Å². The molecule has 5 nitrogen and oxygen atoms in total. The van der Waals surface area contributed by atoms with Gasteiger partial charge in [-0.15, -0.1) is 0 Å². The van der Waals surface area contributed by atoms with E-state index in [0.29, 0.717) is 0 Å². The van der Waals surface area contributed by atoms with Crippen LogP contribution in [0, 0.1) is 0 Å². The van der Waals surface area contributed by atoms with Gasteiger partial charge in [-0.25, -0.2) is 4.79 Å². The summed E-state index contributed by atoms with van der Waals surface area (Å²) in [5, 5.41) is 8.69. The molecule has 0 aliphatic carbocycles. The summed E-state index contributed by atoms with van der Waals surface area (Å²) in [6.07, 6.45) is 0.994. The summed E-state index contributed by atoms with van der Waals surface area (Å²) in [5.41, 5.74) is 4.51. The van der Waals surface area contributed by atoms with Gasteiger partial charge in [0, 0.05) is 0 Å². The van der Waals surface area contributed by atoms with Crippen molar-refractivity contribution in [1.29, 1.82) is 0 Å². The molecule has 0 saturated carbocycles. The van der Waals surface area contributed by atoms with E-state index >= 15 is 0 Å². The molecular formula is C4H5N3O2. The van der Waals surface area contributed by atoms with Crippen LogP contribution in [0.5, 0.6) is 5.75 Å². The summed E-state index contributed by atoms with van der Waals surface area (Å²) in [4.78, 5) is 15.6. The molecule has 0 unspecified atom stereocenters. The third-order valence-electron chi connectivity index (χ3n) is 0.822. The fourth-order valence-corrected chi connectivity index (χ4v) is 0.401. The highest BCUT2D eigenvalue weighted by atomic mass is 16.3. The van der Waals surface area contributed by atoms with Crippen LogP contribution in [-0.2, 0) is 0 Å². The lowest BCUT2D eigenvalue weighted by atomic mass is 10.6. The largest absolute Gasteiger partial charge is 0.503 e.